The van der Waals surface area contributed by atoms with Gasteiger partial charge in [0.15, 0.2) is 0 Å². The minimum absolute atomic E-state index is 0.0124. The largest absolute Gasteiger partial charge is 0.507 e. The van der Waals surface area contributed by atoms with Crippen LogP contribution in [0.2, 0.25) is 0 Å². The van der Waals surface area contributed by atoms with Crippen LogP contribution in [0, 0.1) is 0 Å². The van der Waals surface area contributed by atoms with Crippen LogP contribution in [0.15, 0.2) is 18.2 Å². The van der Waals surface area contributed by atoms with E-state index < -0.39 is 11.9 Å². The monoisotopic (exact) mass is 309 g/mol. The van der Waals surface area contributed by atoms with Crippen molar-refractivity contribution in [2.45, 2.75) is 27.2 Å². The Morgan fingerprint density at radius 2 is 1.91 bits per heavy atom. The second-order valence-electron chi connectivity index (χ2n) is 4.79. The number of hydrogen-bond donors (Lipinski definition) is 1. The quantitative estimate of drug-likeness (QED) is 0.451. The molecule has 0 spiro atoms. The summed E-state index contributed by atoms with van der Waals surface area (Å²) in [7, 11) is 0. The van der Waals surface area contributed by atoms with Gasteiger partial charge in [0.1, 0.15) is 17.1 Å². The van der Waals surface area contributed by atoms with E-state index in [4.69, 9.17) is 9.47 Å². The Hall–Kier alpha value is -2.08. The van der Waals surface area contributed by atoms with Crippen molar-refractivity contribution < 1.29 is 24.2 Å². The number of esters is 2. The number of rotatable bonds is 8. The fraction of sp³-hybridized carbons (Fsp3) is 0.500. The van der Waals surface area contributed by atoms with Gasteiger partial charge in [-0.2, -0.15) is 0 Å². The molecule has 0 atom stereocenters. The van der Waals surface area contributed by atoms with Crippen molar-refractivity contribution in [1.82, 2.24) is 4.90 Å². The molecule has 0 aliphatic carbocycles. The first-order valence-electron chi connectivity index (χ1n) is 7.38. The molecule has 1 aromatic rings. The summed E-state index contributed by atoms with van der Waals surface area (Å²) >= 11 is 0. The third-order valence-corrected chi connectivity index (χ3v) is 3.20. The van der Waals surface area contributed by atoms with Crippen LogP contribution in [0.1, 0.15) is 37.6 Å². The SMILES string of the molecule is CCN(CC)CCCOC(=O)c1cc(OC(C)=O)ccc1O. The molecule has 0 bridgehead atoms. The normalized spacial score (nSPS) is 10.5. The molecule has 0 aliphatic heterocycles. The van der Waals surface area contributed by atoms with Gasteiger partial charge < -0.3 is 19.5 Å². The summed E-state index contributed by atoms with van der Waals surface area (Å²) in [5, 5.41) is 9.71. The highest BCUT2D eigenvalue weighted by Gasteiger charge is 2.14. The Balaban J connectivity index is 2.56. The molecule has 0 unspecified atom stereocenters. The van der Waals surface area contributed by atoms with E-state index in [0.29, 0.717) is 0 Å². The molecular weight excluding hydrogens is 286 g/mol. The van der Waals surface area contributed by atoms with E-state index in [0.717, 1.165) is 26.1 Å². The average Bonchev–Trinajstić information content (AvgIpc) is 2.48. The minimum atomic E-state index is -0.633. The molecular formula is C16H23NO5. The summed E-state index contributed by atoms with van der Waals surface area (Å²) in [6.45, 7) is 8.44. The zero-order valence-electron chi connectivity index (χ0n) is 13.3. The summed E-state index contributed by atoms with van der Waals surface area (Å²) in [6, 6.07) is 4.00. The molecule has 0 heterocycles. The number of phenolic OH excluding ortho intramolecular Hbond substituents is 1. The smallest absolute Gasteiger partial charge is 0.342 e. The predicted molar refractivity (Wildman–Crippen MR) is 82.1 cm³/mol. The third-order valence-electron chi connectivity index (χ3n) is 3.20. The lowest BCUT2D eigenvalue weighted by molar-refractivity contribution is -0.131. The summed E-state index contributed by atoms with van der Waals surface area (Å²) < 4.78 is 10.0. The maximum absolute atomic E-state index is 12.0. The van der Waals surface area contributed by atoms with E-state index in [1.807, 2.05) is 0 Å². The van der Waals surface area contributed by atoms with Crippen LogP contribution >= 0.6 is 0 Å². The maximum atomic E-state index is 12.0. The lowest BCUT2D eigenvalue weighted by Crippen LogP contribution is -2.25. The van der Waals surface area contributed by atoms with Gasteiger partial charge in [0.2, 0.25) is 0 Å². The number of nitrogens with zero attached hydrogens (tertiary/aromatic N) is 1. The first kappa shape index (κ1) is 18.0. The van der Waals surface area contributed by atoms with Gasteiger partial charge in [-0.1, -0.05) is 13.8 Å². The Morgan fingerprint density at radius 3 is 2.50 bits per heavy atom. The number of carbonyl (C=O) groups is 2. The molecule has 122 valence electrons. The Bertz CT molecular complexity index is 511. The highest BCUT2D eigenvalue weighted by Crippen LogP contribution is 2.24. The standard InChI is InChI=1S/C16H23NO5/c1-4-17(5-2)9-6-10-21-16(20)14-11-13(22-12(3)18)7-8-15(14)19/h7-8,11,19H,4-6,9-10H2,1-3H3. The first-order chi connectivity index (χ1) is 10.5. The van der Waals surface area contributed by atoms with Crippen LogP contribution in [-0.4, -0.2) is 48.2 Å². The van der Waals surface area contributed by atoms with Crippen molar-refractivity contribution in [2.24, 2.45) is 0 Å². The van der Waals surface area contributed by atoms with Crippen molar-refractivity contribution in [3.05, 3.63) is 23.8 Å². The van der Waals surface area contributed by atoms with Gasteiger partial charge in [0.25, 0.3) is 0 Å². The second kappa shape index (κ2) is 9.04. The molecule has 1 aromatic carbocycles. The summed E-state index contributed by atoms with van der Waals surface area (Å²) in [4.78, 5) is 25.1. The lowest BCUT2D eigenvalue weighted by atomic mass is 10.2. The highest BCUT2D eigenvalue weighted by atomic mass is 16.5. The van der Waals surface area contributed by atoms with E-state index in [9.17, 15) is 14.7 Å². The molecule has 0 radical (unpaired) electrons. The predicted octanol–water partition coefficient (Wildman–Crippen LogP) is 2.21. The van der Waals surface area contributed by atoms with E-state index in [1.54, 1.807) is 0 Å². The summed E-state index contributed by atoms with van der Waals surface area (Å²) in [6.07, 6.45) is 0.720. The van der Waals surface area contributed by atoms with Gasteiger partial charge in [-0.05, 0) is 37.7 Å². The van der Waals surface area contributed by atoms with Gasteiger partial charge in [-0.15, -0.1) is 0 Å². The third kappa shape index (κ3) is 5.73. The van der Waals surface area contributed by atoms with Crippen molar-refractivity contribution in [3.63, 3.8) is 0 Å². The van der Waals surface area contributed by atoms with Crippen molar-refractivity contribution in [2.75, 3.05) is 26.2 Å². The van der Waals surface area contributed by atoms with Crippen LogP contribution < -0.4 is 4.74 Å². The zero-order chi connectivity index (χ0) is 16.5. The topological polar surface area (TPSA) is 76.1 Å². The number of phenols is 1. The van der Waals surface area contributed by atoms with Crippen LogP contribution in [-0.2, 0) is 9.53 Å². The number of carbonyl (C=O) groups excluding carboxylic acids is 2. The van der Waals surface area contributed by atoms with Crippen molar-refractivity contribution in [3.8, 4) is 11.5 Å². The van der Waals surface area contributed by atoms with Crippen LogP contribution in [0.3, 0.4) is 0 Å². The van der Waals surface area contributed by atoms with Crippen LogP contribution in [0.25, 0.3) is 0 Å². The van der Waals surface area contributed by atoms with Gasteiger partial charge in [0, 0.05) is 13.5 Å². The lowest BCUT2D eigenvalue weighted by Gasteiger charge is -2.17. The van der Waals surface area contributed by atoms with Gasteiger partial charge in [0.05, 0.1) is 6.61 Å². The second-order valence-corrected chi connectivity index (χ2v) is 4.79. The van der Waals surface area contributed by atoms with E-state index in [-0.39, 0.29) is 23.7 Å². The number of hydrogen-bond acceptors (Lipinski definition) is 6. The molecule has 0 amide bonds. The molecule has 0 fully saturated rings. The van der Waals surface area contributed by atoms with Gasteiger partial charge in [-0.3, -0.25) is 4.79 Å². The molecule has 0 aromatic heterocycles. The van der Waals surface area contributed by atoms with E-state index in [1.165, 1.54) is 25.1 Å². The van der Waals surface area contributed by atoms with Gasteiger partial charge >= 0.3 is 11.9 Å². The minimum Gasteiger partial charge on any atom is -0.507 e. The molecule has 6 heteroatoms. The number of aromatic hydroxyl groups is 1. The molecule has 6 nitrogen and oxygen atoms in total. The first-order valence-corrected chi connectivity index (χ1v) is 7.38. The molecule has 22 heavy (non-hydrogen) atoms. The number of benzene rings is 1. The Labute approximate surface area is 130 Å². The van der Waals surface area contributed by atoms with Crippen LogP contribution in [0.5, 0.6) is 11.5 Å². The molecule has 1 rings (SSSR count). The summed E-state index contributed by atoms with van der Waals surface area (Å²) in [5.74, 6) is -1.14. The maximum Gasteiger partial charge on any atom is 0.342 e. The van der Waals surface area contributed by atoms with Gasteiger partial charge in [-0.25, -0.2) is 4.79 Å². The molecule has 1 N–H and O–H groups in total. The molecule has 0 saturated heterocycles. The van der Waals surface area contributed by atoms with E-state index in [2.05, 4.69) is 18.7 Å². The average molecular weight is 309 g/mol. The highest BCUT2D eigenvalue weighted by molar-refractivity contribution is 5.93. The Kier molecular flexibility index (Phi) is 7.39. The zero-order valence-corrected chi connectivity index (χ0v) is 13.3. The molecule has 0 aliphatic rings. The fourth-order valence-electron chi connectivity index (χ4n) is 1.98. The van der Waals surface area contributed by atoms with Crippen LogP contribution in [0.4, 0.5) is 0 Å². The Morgan fingerprint density at radius 1 is 1.23 bits per heavy atom. The molecule has 0 saturated carbocycles. The number of ether oxygens (including phenoxy) is 2. The van der Waals surface area contributed by atoms with Crippen molar-refractivity contribution >= 4 is 11.9 Å². The van der Waals surface area contributed by atoms with E-state index >= 15 is 0 Å². The van der Waals surface area contributed by atoms with Crippen molar-refractivity contribution in [1.29, 1.82) is 0 Å². The summed E-state index contributed by atoms with van der Waals surface area (Å²) in [5.41, 5.74) is -0.0124. The fourth-order valence-corrected chi connectivity index (χ4v) is 1.98.